The number of rotatable bonds is 18. The van der Waals surface area contributed by atoms with Crippen LogP contribution >= 0.6 is 0 Å². The second-order valence-corrected chi connectivity index (χ2v) is 9.96. The molecular weight excluding hydrogens is 410 g/mol. The Morgan fingerprint density at radius 3 is 1.52 bits per heavy atom. The number of imide groups is 1. The molecule has 1 heterocycles. The van der Waals surface area contributed by atoms with Crippen LogP contribution in [0.3, 0.4) is 0 Å². The fourth-order valence-corrected chi connectivity index (χ4v) is 5.10. The number of nitrogens with two attached hydrogens (primary N) is 2. The fourth-order valence-electron chi connectivity index (χ4n) is 5.10. The van der Waals surface area contributed by atoms with E-state index in [1.54, 1.807) is 18.2 Å². The molecule has 186 valence electrons. The van der Waals surface area contributed by atoms with E-state index in [4.69, 9.17) is 11.5 Å². The molecule has 0 saturated carbocycles. The molecule has 1 saturated heterocycles. The zero-order chi connectivity index (χ0) is 23.9. The molecule has 5 heteroatoms. The lowest BCUT2D eigenvalue weighted by Crippen LogP contribution is -2.22. The molecule has 5 nitrogen and oxygen atoms in total. The van der Waals surface area contributed by atoms with E-state index < -0.39 is 5.92 Å². The normalized spacial score (nSPS) is 18.1. The van der Waals surface area contributed by atoms with Crippen molar-refractivity contribution in [2.45, 2.75) is 122 Å². The van der Waals surface area contributed by atoms with Gasteiger partial charge in [-0.3, -0.25) is 14.9 Å². The van der Waals surface area contributed by atoms with Gasteiger partial charge >= 0.3 is 0 Å². The van der Waals surface area contributed by atoms with Gasteiger partial charge in [0.1, 0.15) is 0 Å². The van der Waals surface area contributed by atoms with Gasteiger partial charge in [-0.2, -0.15) is 0 Å². The van der Waals surface area contributed by atoms with Crippen molar-refractivity contribution >= 4 is 23.2 Å². The number of carbonyl (C=O) groups excluding carboxylic acids is 2. The maximum absolute atomic E-state index is 12.4. The van der Waals surface area contributed by atoms with Gasteiger partial charge in [0.15, 0.2) is 0 Å². The van der Waals surface area contributed by atoms with Gasteiger partial charge in [0.2, 0.25) is 11.8 Å². The maximum Gasteiger partial charge on any atom is 0.234 e. The van der Waals surface area contributed by atoms with Gasteiger partial charge in [-0.05, 0) is 30.2 Å². The van der Waals surface area contributed by atoms with E-state index in [-0.39, 0.29) is 17.7 Å². The number of benzene rings is 1. The molecule has 0 aromatic heterocycles. The summed E-state index contributed by atoms with van der Waals surface area (Å²) in [5, 5.41) is 2.50. The first-order chi connectivity index (χ1) is 16.0. The molecule has 1 aromatic carbocycles. The number of unbranched alkanes of at least 4 members (excludes halogenated alkanes) is 15. The van der Waals surface area contributed by atoms with E-state index in [9.17, 15) is 9.59 Å². The maximum atomic E-state index is 12.4. The standard InChI is InChI=1S/C28H47N3O2/c1-2-3-4-5-6-7-8-9-10-11-12-13-14-15-16-17-18-25-26(28(33)31-27(25)32)22-19-23(29)21-24(30)20-22/h19-21,25-26H,2-18,29-30H2,1H3,(H,31,32,33). The van der Waals surface area contributed by atoms with E-state index in [0.29, 0.717) is 11.4 Å². The van der Waals surface area contributed by atoms with E-state index in [1.807, 2.05) is 0 Å². The minimum atomic E-state index is -0.473. The van der Waals surface area contributed by atoms with Gasteiger partial charge in [-0.15, -0.1) is 0 Å². The lowest BCUT2D eigenvalue weighted by Gasteiger charge is -2.16. The molecular formula is C28H47N3O2. The molecule has 0 aliphatic carbocycles. The summed E-state index contributed by atoms with van der Waals surface area (Å²) in [5.74, 6) is -1.18. The Kier molecular flexibility index (Phi) is 13.0. The summed E-state index contributed by atoms with van der Waals surface area (Å²) in [6.45, 7) is 2.27. The fraction of sp³-hybridized carbons (Fsp3) is 0.714. The third-order valence-corrected chi connectivity index (χ3v) is 7.00. The molecule has 0 bridgehead atoms. The molecule has 0 spiro atoms. The lowest BCUT2D eigenvalue weighted by atomic mass is 9.84. The number of anilines is 2. The van der Waals surface area contributed by atoms with Crippen LogP contribution in [-0.2, 0) is 9.59 Å². The molecule has 33 heavy (non-hydrogen) atoms. The van der Waals surface area contributed by atoms with E-state index >= 15 is 0 Å². The predicted molar refractivity (Wildman–Crippen MR) is 139 cm³/mol. The summed E-state index contributed by atoms with van der Waals surface area (Å²) >= 11 is 0. The molecule has 2 amide bonds. The van der Waals surface area contributed by atoms with Crippen LogP contribution in [0.15, 0.2) is 18.2 Å². The van der Waals surface area contributed by atoms with Crippen molar-refractivity contribution in [2.75, 3.05) is 11.5 Å². The summed E-state index contributed by atoms with van der Waals surface area (Å²) < 4.78 is 0. The zero-order valence-electron chi connectivity index (χ0n) is 20.9. The van der Waals surface area contributed by atoms with E-state index in [0.717, 1.165) is 24.8 Å². The smallest absolute Gasteiger partial charge is 0.234 e. The highest BCUT2D eigenvalue weighted by atomic mass is 16.2. The molecule has 2 rings (SSSR count). The Hall–Kier alpha value is -2.04. The summed E-state index contributed by atoms with van der Waals surface area (Å²) in [6.07, 6.45) is 21.9. The summed E-state index contributed by atoms with van der Waals surface area (Å²) in [6, 6.07) is 5.20. The Bertz CT molecular complexity index is 699. The third kappa shape index (κ3) is 10.2. The van der Waals surface area contributed by atoms with Crippen LogP contribution in [0.4, 0.5) is 11.4 Å². The quantitative estimate of drug-likeness (QED) is 0.127. The van der Waals surface area contributed by atoms with E-state index in [2.05, 4.69) is 12.2 Å². The van der Waals surface area contributed by atoms with Crippen molar-refractivity contribution in [3.05, 3.63) is 23.8 Å². The van der Waals surface area contributed by atoms with Crippen LogP contribution in [0, 0.1) is 5.92 Å². The SMILES string of the molecule is CCCCCCCCCCCCCCCCCCC1C(=O)NC(=O)C1c1cc(N)cc(N)c1. The first-order valence-electron chi connectivity index (χ1n) is 13.5. The van der Waals surface area contributed by atoms with Crippen LogP contribution in [0.2, 0.25) is 0 Å². The molecule has 0 radical (unpaired) electrons. The highest BCUT2D eigenvalue weighted by Gasteiger charge is 2.42. The average molecular weight is 458 g/mol. The lowest BCUT2D eigenvalue weighted by molar-refractivity contribution is -0.125. The van der Waals surface area contributed by atoms with Gasteiger partial charge < -0.3 is 11.5 Å². The van der Waals surface area contributed by atoms with Crippen molar-refractivity contribution in [2.24, 2.45) is 5.92 Å². The number of carbonyl (C=O) groups is 2. The summed E-state index contributed by atoms with van der Waals surface area (Å²) in [5.41, 5.74) is 13.6. The first kappa shape index (κ1) is 27.2. The van der Waals surface area contributed by atoms with Crippen LogP contribution in [0.25, 0.3) is 0 Å². The monoisotopic (exact) mass is 457 g/mol. The van der Waals surface area contributed by atoms with Crippen LogP contribution in [0.5, 0.6) is 0 Å². The highest BCUT2D eigenvalue weighted by Crippen LogP contribution is 2.35. The molecule has 1 aromatic rings. The van der Waals surface area contributed by atoms with Gasteiger partial charge in [-0.25, -0.2) is 0 Å². The van der Waals surface area contributed by atoms with E-state index in [1.165, 1.54) is 89.9 Å². The summed E-state index contributed by atoms with van der Waals surface area (Å²) in [7, 11) is 0. The Labute approximate surface area is 201 Å². The minimum Gasteiger partial charge on any atom is -0.399 e. The largest absolute Gasteiger partial charge is 0.399 e. The van der Waals surface area contributed by atoms with Crippen LogP contribution in [0.1, 0.15) is 128 Å². The Morgan fingerprint density at radius 1 is 0.636 bits per heavy atom. The molecule has 1 aliphatic rings. The van der Waals surface area contributed by atoms with Gasteiger partial charge in [0, 0.05) is 11.4 Å². The van der Waals surface area contributed by atoms with Crippen LogP contribution < -0.4 is 16.8 Å². The number of nitrogen functional groups attached to an aromatic ring is 2. The first-order valence-corrected chi connectivity index (χ1v) is 13.5. The molecule has 1 aliphatic heterocycles. The van der Waals surface area contributed by atoms with Crippen LogP contribution in [-0.4, -0.2) is 11.8 Å². The average Bonchev–Trinajstić information content (AvgIpc) is 3.05. The molecule has 5 N–H and O–H groups in total. The predicted octanol–water partition coefficient (Wildman–Crippen LogP) is 6.86. The minimum absolute atomic E-state index is 0.160. The summed E-state index contributed by atoms with van der Waals surface area (Å²) in [4.78, 5) is 24.7. The third-order valence-electron chi connectivity index (χ3n) is 7.00. The van der Waals surface area contributed by atoms with Gasteiger partial charge in [-0.1, -0.05) is 110 Å². The number of amides is 2. The molecule has 2 unspecified atom stereocenters. The molecule has 2 atom stereocenters. The van der Waals surface area contributed by atoms with Gasteiger partial charge in [0.05, 0.1) is 11.8 Å². The highest BCUT2D eigenvalue weighted by molar-refractivity contribution is 6.07. The topological polar surface area (TPSA) is 98.2 Å². The van der Waals surface area contributed by atoms with Crippen molar-refractivity contribution < 1.29 is 9.59 Å². The Morgan fingerprint density at radius 2 is 1.06 bits per heavy atom. The zero-order valence-corrected chi connectivity index (χ0v) is 20.9. The second-order valence-electron chi connectivity index (χ2n) is 9.96. The van der Waals surface area contributed by atoms with Crippen molar-refractivity contribution in [3.63, 3.8) is 0 Å². The number of hydrogen-bond donors (Lipinski definition) is 3. The second kappa shape index (κ2) is 15.7. The van der Waals surface area contributed by atoms with Gasteiger partial charge in [0.25, 0.3) is 0 Å². The number of nitrogens with one attached hydrogen (secondary N) is 1. The van der Waals surface area contributed by atoms with Crippen molar-refractivity contribution in [3.8, 4) is 0 Å². The van der Waals surface area contributed by atoms with Crippen molar-refractivity contribution in [1.82, 2.24) is 5.32 Å². The Balaban J connectivity index is 1.51. The van der Waals surface area contributed by atoms with Crippen molar-refractivity contribution in [1.29, 1.82) is 0 Å². The number of hydrogen-bond acceptors (Lipinski definition) is 4. The molecule has 1 fully saturated rings.